The molecule has 4 aromatic rings. The number of nitrogens with zero attached hydrogens (tertiary/aromatic N) is 2. The van der Waals surface area contributed by atoms with Gasteiger partial charge in [0.15, 0.2) is 5.13 Å². The Hall–Kier alpha value is -3.65. The highest BCUT2D eigenvalue weighted by Crippen LogP contribution is 2.32. The van der Waals surface area contributed by atoms with E-state index in [2.05, 4.69) is 4.98 Å². The molecule has 3 aromatic carbocycles. The van der Waals surface area contributed by atoms with E-state index in [1.165, 1.54) is 29.5 Å². The van der Waals surface area contributed by atoms with E-state index in [-0.39, 0.29) is 17.1 Å². The van der Waals surface area contributed by atoms with E-state index in [4.69, 9.17) is 9.84 Å². The molecule has 164 valence electrons. The second kappa shape index (κ2) is 9.23. The van der Waals surface area contributed by atoms with Gasteiger partial charge in [-0.05, 0) is 53.9 Å². The molecule has 1 heterocycles. The van der Waals surface area contributed by atoms with Crippen molar-refractivity contribution in [2.24, 2.45) is 0 Å². The fourth-order valence-corrected chi connectivity index (χ4v) is 4.41. The normalized spacial score (nSPS) is 10.9. The summed E-state index contributed by atoms with van der Waals surface area (Å²) >= 11 is 1.27. The van der Waals surface area contributed by atoms with Gasteiger partial charge >= 0.3 is 5.97 Å². The van der Waals surface area contributed by atoms with E-state index in [1.807, 2.05) is 29.2 Å². The van der Waals surface area contributed by atoms with Gasteiger partial charge in [-0.25, -0.2) is 14.2 Å². The Balaban J connectivity index is 1.62. The topological polar surface area (TPSA) is 82.9 Å². The number of carboxylic acids is 1. The van der Waals surface area contributed by atoms with E-state index in [0.717, 1.165) is 16.9 Å². The molecule has 0 aliphatic heterocycles. The number of fused-ring (bicyclic) bond motifs is 1. The first kappa shape index (κ1) is 21.6. The van der Waals surface area contributed by atoms with Gasteiger partial charge in [-0.2, -0.15) is 0 Å². The lowest BCUT2D eigenvalue weighted by atomic mass is 10.1. The second-order valence-corrected chi connectivity index (χ2v) is 8.24. The number of halogens is 1. The Morgan fingerprint density at radius 3 is 2.53 bits per heavy atom. The molecular formula is C24H21FN2O4S. The van der Waals surface area contributed by atoms with Crippen molar-refractivity contribution in [3.63, 3.8) is 0 Å². The van der Waals surface area contributed by atoms with Crippen LogP contribution in [0.25, 0.3) is 10.2 Å². The van der Waals surface area contributed by atoms with Crippen molar-refractivity contribution in [2.75, 3.05) is 18.6 Å². The van der Waals surface area contributed by atoms with E-state index >= 15 is 0 Å². The van der Waals surface area contributed by atoms with Crippen molar-refractivity contribution in [2.45, 2.75) is 13.0 Å². The summed E-state index contributed by atoms with van der Waals surface area (Å²) in [6.45, 7) is 0.972. The molecule has 0 bridgehead atoms. The van der Waals surface area contributed by atoms with Crippen LogP contribution in [0, 0.1) is 5.82 Å². The first-order valence-electron chi connectivity index (χ1n) is 9.92. The van der Waals surface area contributed by atoms with E-state index in [9.17, 15) is 14.3 Å². The zero-order valence-corrected chi connectivity index (χ0v) is 18.1. The lowest BCUT2D eigenvalue weighted by Crippen LogP contribution is -2.25. The number of hydrogen-bond acceptors (Lipinski definition) is 6. The van der Waals surface area contributed by atoms with Crippen LogP contribution < -0.4 is 9.64 Å². The maximum absolute atomic E-state index is 14.2. The number of aromatic nitrogens is 1. The molecule has 0 aliphatic carbocycles. The summed E-state index contributed by atoms with van der Waals surface area (Å²) in [4.78, 5) is 17.8. The molecule has 2 N–H and O–H groups in total. The lowest BCUT2D eigenvalue weighted by Gasteiger charge is -2.22. The molecule has 0 aliphatic rings. The van der Waals surface area contributed by atoms with Crippen LogP contribution in [0.5, 0.6) is 11.5 Å². The number of rotatable bonds is 8. The van der Waals surface area contributed by atoms with Gasteiger partial charge in [-0.1, -0.05) is 35.6 Å². The molecule has 0 radical (unpaired) electrons. The van der Waals surface area contributed by atoms with Crippen LogP contribution in [0.2, 0.25) is 0 Å². The quantitative estimate of drug-likeness (QED) is 0.387. The first-order valence-corrected chi connectivity index (χ1v) is 10.7. The molecule has 32 heavy (non-hydrogen) atoms. The van der Waals surface area contributed by atoms with Gasteiger partial charge in [0.2, 0.25) is 0 Å². The molecule has 1 aromatic heterocycles. The summed E-state index contributed by atoms with van der Waals surface area (Å²) in [6.07, 6.45) is 0.710. The van der Waals surface area contributed by atoms with E-state index in [1.54, 1.807) is 25.3 Å². The van der Waals surface area contributed by atoms with Crippen molar-refractivity contribution in [3.05, 3.63) is 83.2 Å². The number of phenols is 1. The van der Waals surface area contributed by atoms with Crippen LogP contribution in [-0.2, 0) is 13.0 Å². The Kier molecular flexibility index (Phi) is 6.23. The number of carbonyl (C=O) groups is 1. The van der Waals surface area contributed by atoms with Crippen LogP contribution in [0.15, 0.2) is 60.7 Å². The van der Waals surface area contributed by atoms with Crippen molar-refractivity contribution in [1.29, 1.82) is 0 Å². The molecule has 4 rings (SSSR count). The standard InChI is InChI=1S/C24H21FN2O4S/c1-31-17-8-5-15(6-9-17)11-12-27(14-16-7-10-18(23(29)30)21(28)13-16)24-26-20-4-2-3-19(25)22(20)32-24/h2-10,13,28H,11-12,14H2,1H3,(H,29,30). The Morgan fingerprint density at radius 1 is 1.12 bits per heavy atom. The maximum Gasteiger partial charge on any atom is 0.339 e. The zero-order chi connectivity index (χ0) is 22.7. The minimum absolute atomic E-state index is 0.152. The molecule has 0 saturated heterocycles. The summed E-state index contributed by atoms with van der Waals surface area (Å²) in [5, 5.41) is 19.9. The van der Waals surface area contributed by atoms with Gasteiger partial charge < -0.3 is 19.8 Å². The number of hydrogen-bond donors (Lipinski definition) is 2. The average molecular weight is 453 g/mol. The molecule has 0 unspecified atom stereocenters. The summed E-state index contributed by atoms with van der Waals surface area (Å²) in [7, 11) is 1.62. The second-order valence-electron chi connectivity index (χ2n) is 7.26. The average Bonchev–Trinajstić information content (AvgIpc) is 3.22. The molecule has 0 spiro atoms. The first-order chi connectivity index (χ1) is 15.4. The van der Waals surface area contributed by atoms with Crippen LogP contribution in [-0.4, -0.2) is 34.8 Å². The van der Waals surface area contributed by atoms with Gasteiger partial charge in [0.05, 0.1) is 17.3 Å². The van der Waals surface area contributed by atoms with Crippen molar-refractivity contribution >= 4 is 32.7 Å². The Morgan fingerprint density at radius 2 is 1.88 bits per heavy atom. The zero-order valence-electron chi connectivity index (χ0n) is 17.3. The Labute approximate surface area is 188 Å². The van der Waals surface area contributed by atoms with Crippen molar-refractivity contribution < 1.29 is 24.1 Å². The van der Waals surface area contributed by atoms with Crippen LogP contribution in [0.4, 0.5) is 9.52 Å². The van der Waals surface area contributed by atoms with Gasteiger partial charge in [0, 0.05) is 13.1 Å². The van der Waals surface area contributed by atoms with Crippen LogP contribution in [0.1, 0.15) is 21.5 Å². The maximum atomic E-state index is 14.2. The molecule has 6 nitrogen and oxygen atoms in total. The molecule has 0 atom stereocenters. The molecule has 0 saturated carbocycles. The lowest BCUT2D eigenvalue weighted by molar-refractivity contribution is 0.0693. The monoisotopic (exact) mass is 452 g/mol. The van der Waals surface area contributed by atoms with Crippen LogP contribution >= 0.6 is 11.3 Å². The SMILES string of the molecule is COc1ccc(CCN(Cc2ccc(C(=O)O)c(O)c2)c2nc3cccc(F)c3s2)cc1. The predicted octanol–water partition coefficient (Wildman–Crippen LogP) is 5.10. The third-order valence-electron chi connectivity index (χ3n) is 5.12. The van der Waals surface area contributed by atoms with Crippen LogP contribution in [0.3, 0.4) is 0 Å². The number of carboxylic acid groups (broad SMARTS) is 1. The third-order valence-corrected chi connectivity index (χ3v) is 6.26. The highest BCUT2D eigenvalue weighted by Gasteiger charge is 2.17. The molecule has 0 fully saturated rings. The minimum Gasteiger partial charge on any atom is -0.507 e. The smallest absolute Gasteiger partial charge is 0.339 e. The minimum atomic E-state index is -1.19. The van der Waals surface area contributed by atoms with Gasteiger partial charge in [0.25, 0.3) is 0 Å². The highest BCUT2D eigenvalue weighted by molar-refractivity contribution is 7.22. The van der Waals surface area contributed by atoms with Crippen molar-refractivity contribution in [3.8, 4) is 11.5 Å². The summed E-state index contributed by atoms with van der Waals surface area (Å²) < 4.78 is 19.9. The number of benzene rings is 3. The largest absolute Gasteiger partial charge is 0.507 e. The van der Waals surface area contributed by atoms with E-state index < -0.39 is 5.97 Å². The van der Waals surface area contributed by atoms with Crippen molar-refractivity contribution in [1.82, 2.24) is 4.98 Å². The number of aromatic carboxylic acids is 1. The summed E-state index contributed by atoms with van der Waals surface area (Å²) in [5.74, 6) is -1.02. The van der Waals surface area contributed by atoms with Gasteiger partial charge in [-0.15, -0.1) is 0 Å². The molecular weight excluding hydrogens is 431 g/mol. The van der Waals surface area contributed by atoms with E-state index in [0.29, 0.717) is 34.9 Å². The molecule has 8 heteroatoms. The fraction of sp³-hybridized carbons (Fsp3) is 0.167. The van der Waals surface area contributed by atoms with Gasteiger partial charge in [0.1, 0.15) is 22.9 Å². The number of thiazole rings is 1. The fourth-order valence-electron chi connectivity index (χ4n) is 3.41. The van der Waals surface area contributed by atoms with Gasteiger partial charge in [-0.3, -0.25) is 0 Å². The number of methoxy groups -OCH3 is 1. The number of anilines is 1. The number of aromatic hydroxyl groups is 1. The number of ether oxygens (including phenoxy) is 1. The predicted molar refractivity (Wildman–Crippen MR) is 122 cm³/mol. The highest BCUT2D eigenvalue weighted by atomic mass is 32.1. The third kappa shape index (κ3) is 4.65. The Bertz CT molecular complexity index is 1260. The summed E-state index contributed by atoms with van der Waals surface area (Å²) in [5.41, 5.74) is 2.26. The summed E-state index contributed by atoms with van der Waals surface area (Å²) in [6, 6.07) is 17.1. The molecule has 0 amide bonds.